The second-order valence-corrected chi connectivity index (χ2v) is 9.55. The number of ether oxygens (including phenoxy) is 1. The lowest BCUT2D eigenvalue weighted by atomic mass is 9.86. The highest BCUT2D eigenvalue weighted by atomic mass is 35.5. The number of carbonyl (C=O) groups excluding carboxylic acids is 1. The van der Waals surface area contributed by atoms with Crippen LogP contribution in [0.4, 0.5) is 0 Å². The first-order valence-corrected chi connectivity index (χ1v) is 11.7. The lowest BCUT2D eigenvalue weighted by Gasteiger charge is -2.34. The molecule has 174 valence electrons. The van der Waals surface area contributed by atoms with Gasteiger partial charge in [-0.15, -0.1) is 0 Å². The van der Waals surface area contributed by atoms with Crippen LogP contribution < -0.4 is 15.4 Å². The van der Waals surface area contributed by atoms with E-state index in [9.17, 15) is 14.7 Å². The van der Waals surface area contributed by atoms with Crippen LogP contribution in [0.25, 0.3) is 10.8 Å². The van der Waals surface area contributed by atoms with Gasteiger partial charge in [-0.25, -0.2) is 4.79 Å². The highest BCUT2D eigenvalue weighted by Crippen LogP contribution is 2.38. The summed E-state index contributed by atoms with van der Waals surface area (Å²) in [7, 11) is 0. The summed E-state index contributed by atoms with van der Waals surface area (Å²) < 4.78 is 6.65. The molecule has 6 nitrogen and oxygen atoms in total. The minimum Gasteiger partial charge on any atom is -0.488 e. The van der Waals surface area contributed by atoms with Crippen molar-refractivity contribution in [2.75, 3.05) is 13.1 Å². The first-order chi connectivity index (χ1) is 15.2. The summed E-state index contributed by atoms with van der Waals surface area (Å²) in [5, 5.41) is 17.7. The molecule has 0 radical (unpaired) electrons. The maximum Gasteiger partial charge on any atom is 0.329 e. The fraction of sp³-hybridized carbons (Fsp3) is 0.520. The minimum atomic E-state index is -1.39. The van der Waals surface area contributed by atoms with Crippen LogP contribution in [0.2, 0.25) is 5.02 Å². The van der Waals surface area contributed by atoms with E-state index < -0.39 is 17.4 Å². The van der Waals surface area contributed by atoms with Gasteiger partial charge in [-0.1, -0.05) is 56.6 Å². The number of piperidine rings is 1. The number of fused-ring (bicyclic) bond motifs is 1. The van der Waals surface area contributed by atoms with Crippen molar-refractivity contribution in [2.45, 2.75) is 58.6 Å². The SMILES string of the molecule is CCC(C)(NC(=O)c1cc(Cl)c2ccccc2c1OC(C(C)C)C1CCNCC1)C(=O)O. The number of amides is 1. The summed E-state index contributed by atoms with van der Waals surface area (Å²) in [4.78, 5) is 25.1. The van der Waals surface area contributed by atoms with E-state index in [0.29, 0.717) is 16.7 Å². The summed E-state index contributed by atoms with van der Waals surface area (Å²) in [5.41, 5.74) is -1.13. The summed E-state index contributed by atoms with van der Waals surface area (Å²) in [6.45, 7) is 9.37. The standard InChI is InChI=1S/C25H33ClN2O4/c1-5-25(4,24(30)31)28-23(29)19-14-20(26)17-8-6-7-9-18(17)22(19)32-21(15(2)3)16-10-12-27-13-11-16/h6-9,14-16,21,27H,5,10-13H2,1-4H3,(H,28,29)(H,30,31). The average molecular weight is 461 g/mol. The fourth-order valence-electron chi connectivity index (χ4n) is 4.30. The van der Waals surface area contributed by atoms with E-state index in [1.165, 1.54) is 6.92 Å². The Morgan fingerprint density at radius 1 is 1.25 bits per heavy atom. The van der Waals surface area contributed by atoms with Gasteiger partial charge in [0.25, 0.3) is 5.91 Å². The van der Waals surface area contributed by atoms with Gasteiger partial charge in [0.2, 0.25) is 0 Å². The van der Waals surface area contributed by atoms with Crippen LogP contribution in [-0.2, 0) is 4.79 Å². The molecule has 1 fully saturated rings. The maximum absolute atomic E-state index is 13.3. The lowest BCUT2D eigenvalue weighted by molar-refractivity contribution is -0.143. The van der Waals surface area contributed by atoms with Crippen molar-refractivity contribution in [1.82, 2.24) is 10.6 Å². The van der Waals surface area contributed by atoms with Crippen molar-refractivity contribution in [3.63, 3.8) is 0 Å². The number of halogens is 1. The van der Waals surface area contributed by atoms with E-state index in [4.69, 9.17) is 16.3 Å². The lowest BCUT2D eigenvalue weighted by Crippen LogP contribution is -2.51. The van der Waals surface area contributed by atoms with Gasteiger partial charge in [-0.2, -0.15) is 0 Å². The molecule has 2 unspecified atom stereocenters. The van der Waals surface area contributed by atoms with Crippen LogP contribution in [0.5, 0.6) is 5.75 Å². The highest BCUT2D eigenvalue weighted by molar-refractivity contribution is 6.36. The first kappa shape index (κ1) is 24.3. The second kappa shape index (κ2) is 10.1. The molecule has 2 aromatic carbocycles. The molecule has 2 aromatic rings. The van der Waals surface area contributed by atoms with Crippen molar-refractivity contribution in [2.24, 2.45) is 11.8 Å². The number of rotatable bonds is 8. The molecule has 0 bridgehead atoms. The van der Waals surface area contributed by atoms with Gasteiger partial charge >= 0.3 is 5.97 Å². The molecular formula is C25H33ClN2O4. The fourth-order valence-corrected chi connectivity index (χ4v) is 4.57. The predicted octanol–water partition coefficient (Wildman–Crippen LogP) is 4.88. The molecule has 32 heavy (non-hydrogen) atoms. The third-order valence-corrected chi connectivity index (χ3v) is 6.83. The topological polar surface area (TPSA) is 87.7 Å². The van der Waals surface area contributed by atoms with Crippen LogP contribution in [0.3, 0.4) is 0 Å². The van der Waals surface area contributed by atoms with Crippen molar-refractivity contribution < 1.29 is 19.4 Å². The molecule has 1 saturated heterocycles. The summed E-state index contributed by atoms with van der Waals surface area (Å²) in [5.74, 6) is -0.529. The molecule has 3 N–H and O–H groups in total. The zero-order valence-corrected chi connectivity index (χ0v) is 20.0. The molecular weight excluding hydrogens is 428 g/mol. The van der Waals surface area contributed by atoms with Crippen LogP contribution in [-0.4, -0.2) is 41.7 Å². The number of hydrogen-bond donors (Lipinski definition) is 3. The monoisotopic (exact) mass is 460 g/mol. The van der Waals surface area contributed by atoms with Gasteiger partial charge in [-0.05, 0) is 57.2 Å². The molecule has 7 heteroatoms. The first-order valence-electron chi connectivity index (χ1n) is 11.3. The number of benzene rings is 2. The largest absolute Gasteiger partial charge is 0.488 e. The summed E-state index contributed by atoms with van der Waals surface area (Å²) in [6.07, 6.45) is 2.17. The number of carbonyl (C=O) groups is 2. The van der Waals surface area contributed by atoms with E-state index >= 15 is 0 Å². The van der Waals surface area contributed by atoms with Crippen molar-refractivity contribution >= 4 is 34.2 Å². The molecule has 1 amide bonds. The Labute approximate surface area is 194 Å². The van der Waals surface area contributed by atoms with Crippen molar-refractivity contribution in [1.29, 1.82) is 0 Å². The van der Waals surface area contributed by atoms with Gasteiger partial charge < -0.3 is 20.5 Å². The smallest absolute Gasteiger partial charge is 0.329 e. The molecule has 3 rings (SSSR count). The highest BCUT2D eigenvalue weighted by Gasteiger charge is 2.35. The number of carboxylic acids is 1. The van der Waals surface area contributed by atoms with E-state index in [1.54, 1.807) is 13.0 Å². The molecule has 0 spiro atoms. The number of nitrogens with one attached hydrogen (secondary N) is 2. The summed E-state index contributed by atoms with van der Waals surface area (Å²) in [6, 6.07) is 9.16. The van der Waals surface area contributed by atoms with E-state index in [-0.39, 0.29) is 24.0 Å². The van der Waals surface area contributed by atoms with Crippen molar-refractivity contribution in [3.05, 3.63) is 40.9 Å². The molecule has 0 aliphatic carbocycles. The number of hydrogen-bond acceptors (Lipinski definition) is 4. The quantitative estimate of drug-likeness (QED) is 0.522. The predicted molar refractivity (Wildman–Crippen MR) is 128 cm³/mol. The second-order valence-electron chi connectivity index (χ2n) is 9.14. The normalized spacial score (nSPS) is 17.7. The van der Waals surface area contributed by atoms with Crippen LogP contribution in [0.15, 0.2) is 30.3 Å². The zero-order chi connectivity index (χ0) is 23.5. The van der Waals surface area contributed by atoms with E-state index in [2.05, 4.69) is 24.5 Å². The summed E-state index contributed by atoms with van der Waals surface area (Å²) >= 11 is 6.53. The van der Waals surface area contributed by atoms with E-state index in [1.807, 2.05) is 24.3 Å². The average Bonchev–Trinajstić information content (AvgIpc) is 2.78. The minimum absolute atomic E-state index is 0.0785. The van der Waals surface area contributed by atoms with Crippen molar-refractivity contribution in [3.8, 4) is 5.75 Å². The Balaban J connectivity index is 2.09. The van der Waals surface area contributed by atoms with Crippen LogP contribution in [0, 0.1) is 11.8 Å². The molecule has 2 atom stereocenters. The Morgan fingerprint density at radius 3 is 2.44 bits per heavy atom. The van der Waals surface area contributed by atoms with Gasteiger partial charge in [0, 0.05) is 15.8 Å². The molecule has 0 aromatic heterocycles. The number of aliphatic carboxylic acids is 1. The maximum atomic E-state index is 13.3. The van der Waals surface area contributed by atoms with Gasteiger partial charge in [0.05, 0.1) is 5.56 Å². The van der Waals surface area contributed by atoms with Gasteiger partial charge in [0.15, 0.2) is 0 Å². The van der Waals surface area contributed by atoms with Gasteiger partial charge in [-0.3, -0.25) is 4.79 Å². The Bertz CT molecular complexity index is 987. The van der Waals surface area contributed by atoms with Crippen LogP contribution >= 0.6 is 11.6 Å². The molecule has 1 heterocycles. The third kappa shape index (κ3) is 5.02. The number of carboxylic acid groups (broad SMARTS) is 1. The Kier molecular flexibility index (Phi) is 7.67. The Hall–Kier alpha value is -2.31. The third-order valence-electron chi connectivity index (χ3n) is 6.52. The molecule has 0 saturated carbocycles. The molecule has 1 aliphatic heterocycles. The Morgan fingerprint density at radius 2 is 1.88 bits per heavy atom. The van der Waals surface area contributed by atoms with Gasteiger partial charge in [0.1, 0.15) is 17.4 Å². The van der Waals surface area contributed by atoms with E-state index in [0.717, 1.165) is 36.7 Å². The van der Waals surface area contributed by atoms with Crippen LogP contribution in [0.1, 0.15) is 57.3 Å². The zero-order valence-electron chi connectivity index (χ0n) is 19.2. The molecule has 1 aliphatic rings.